The summed E-state index contributed by atoms with van der Waals surface area (Å²) in [7, 11) is 1.51. The summed E-state index contributed by atoms with van der Waals surface area (Å²) in [5.74, 6) is -0.327. The molecule has 7 N–H and O–H groups in total. The standard InChI is InChI=1S/C25H29N11O3/c1-12(37)19-20(14-7-15-4-5-16(8-14)35(15)24(38)21(27)31-11-26)34-23-17(10-32-36(23)22(19)28)13-3-6-18(30-9-13)33-25(39)29-2/h3,6,9-11,14-16H,4-5,7-8,28H2,1-2H3,(H3,26,27,31)(H2,29,30,33,39). The van der Waals surface area contributed by atoms with Gasteiger partial charge in [0.1, 0.15) is 18.0 Å². The summed E-state index contributed by atoms with van der Waals surface area (Å²) in [6.07, 6.45) is 6.76. The number of carbonyl (C=O) groups is 3. The third kappa shape index (κ3) is 4.53. The van der Waals surface area contributed by atoms with Crippen molar-refractivity contribution in [1.29, 1.82) is 5.41 Å². The molecule has 2 aliphatic rings. The van der Waals surface area contributed by atoms with Gasteiger partial charge in [-0.1, -0.05) is 0 Å². The largest absolute Gasteiger partial charge is 0.383 e. The van der Waals surface area contributed by atoms with Crippen molar-refractivity contribution in [3.63, 3.8) is 0 Å². The van der Waals surface area contributed by atoms with Crippen LogP contribution in [0.25, 0.3) is 16.8 Å². The van der Waals surface area contributed by atoms with E-state index < -0.39 is 0 Å². The molecule has 2 atom stereocenters. The van der Waals surface area contributed by atoms with Gasteiger partial charge >= 0.3 is 6.03 Å². The molecule has 2 bridgehead atoms. The molecule has 14 nitrogen and oxygen atoms in total. The Bertz CT molecular complexity index is 1500. The van der Waals surface area contributed by atoms with Crippen LogP contribution in [-0.2, 0) is 4.79 Å². The first kappa shape index (κ1) is 25.8. The Kier molecular flexibility index (Phi) is 6.68. The number of rotatable bonds is 5. The van der Waals surface area contributed by atoms with Gasteiger partial charge in [-0.05, 0) is 44.7 Å². The highest BCUT2D eigenvalue weighted by Crippen LogP contribution is 2.44. The van der Waals surface area contributed by atoms with E-state index in [1.54, 1.807) is 29.4 Å². The molecule has 0 aromatic carbocycles. The van der Waals surface area contributed by atoms with Crippen LogP contribution in [0.15, 0.2) is 29.5 Å². The summed E-state index contributed by atoms with van der Waals surface area (Å²) in [5, 5.41) is 16.6. The molecule has 0 saturated carbocycles. The van der Waals surface area contributed by atoms with Crippen LogP contribution in [0.4, 0.5) is 16.4 Å². The number of ketones is 1. The lowest BCUT2D eigenvalue weighted by atomic mass is 9.85. The molecule has 39 heavy (non-hydrogen) atoms. The summed E-state index contributed by atoms with van der Waals surface area (Å²) in [6.45, 7) is 1.46. The van der Waals surface area contributed by atoms with Crippen LogP contribution in [0, 0.1) is 5.41 Å². The van der Waals surface area contributed by atoms with Crippen molar-refractivity contribution in [3.05, 3.63) is 35.8 Å². The van der Waals surface area contributed by atoms with E-state index in [2.05, 4.69) is 25.7 Å². The van der Waals surface area contributed by atoms with Gasteiger partial charge in [0.15, 0.2) is 17.3 Å². The van der Waals surface area contributed by atoms with Crippen LogP contribution in [0.2, 0.25) is 0 Å². The highest BCUT2D eigenvalue weighted by atomic mass is 16.2. The molecule has 14 heteroatoms. The van der Waals surface area contributed by atoms with Crippen molar-refractivity contribution in [2.75, 3.05) is 18.1 Å². The highest BCUT2D eigenvalue weighted by Gasteiger charge is 2.45. The zero-order valence-electron chi connectivity index (χ0n) is 21.5. The fourth-order valence-corrected chi connectivity index (χ4v) is 5.69. The minimum Gasteiger partial charge on any atom is -0.383 e. The number of aliphatic imine (C=N–C) groups is 1. The lowest BCUT2D eigenvalue weighted by molar-refractivity contribution is -0.128. The molecule has 0 aliphatic carbocycles. The molecule has 3 aromatic heterocycles. The smallest absolute Gasteiger partial charge is 0.320 e. The van der Waals surface area contributed by atoms with Gasteiger partial charge in [-0.25, -0.2) is 19.8 Å². The Labute approximate surface area is 223 Å². The molecule has 5 rings (SSSR count). The van der Waals surface area contributed by atoms with E-state index >= 15 is 0 Å². The first-order valence-electron chi connectivity index (χ1n) is 12.5. The van der Waals surface area contributed by atoms with Crippen LogP contribution in [0.1, 0.15) is 54.6 Å². The first-order valence-corrected chi connectivity index (χ1v) is 12.5. The number of nitrogens with two attached hydrogens (primary N) is 2. The van der Waals surface area contributed by atoms with Crippen LogP contribution in [0.5, 0.6) is 0 Å². The van der Waals surface area contributed by atoms with Gasteiger partial charge in [0.2, 0.25) is 0 Å². The minimum atomic E-state index is -0.381. The van der Waals surface area contributed by atoms with Gasteiger partial charge < -0.3 is 21.7 Å². The number of nitrogen functional groups attached to an aromatic ring is 1. The highest BCUT2D eigenvalue weighted by molar-refractivity contribution is 6.38. The second kappa shape index (κ2) is 10.1. The number of amidine groups is 1. The fraction of sp³-hybridized carbons (Fsp3) is 0.360. The van der Waals surface area contributed by atoms with Gasteiger partial charge in [0.05, 0.1) is 17.5 Å². The zero-order valence-corrected chi connectivity index (χ0v) is 21.5. The topological polar surface area (TPSA) is 210 Å². The normalized spacial score (nSPS) is 20.6. The Morgan fingerprint density at radius 3 is 2.49 bits per heavy atom. The summed E-state index contributed by atoms with van der Waals surface area (Å²) in [5.41, 5.74) is 15.1. The number of carbonyl (C=O) groups excluding carboxylic acids is 3. The number of anilines is 2. The third-order valence-electron chi connectivity index (χ3n) is 7.38. The summed E-state index contributed by atoms with van der Waals surface area (Å²) in [4.78, 5) is 51.9. The number of fused-ring (bicyclic) bond motifs is 3. The Balaban J connectivity index is 1.52. The number of pyridine rings is 1. The summed E-state index contributed by atoms with van der Waals surface area (Å²) < 4.78 is 1.45. The second-order valence-corrected chi connectivity index (χ2v) is 9.65. The van der Waals surface area contributed by atoms with E-state index in [9.17, 15) is 14.4 Å². The number of piperidine rings is 1. The molecule has 2 unspecified atom stereocenters. The Morgan fingerprint density at radius 1 is 1.18 bits per heavy atom. The molecule has 3 aromatic rings. The van der Waals surface area contributed by atoms with Crippen molar-refractivity contribution in [3.8, 4) is 11.1 Å². The first-order chi connectivity index (χ1) is 18.7. The van der Waals surface area contributed by atoms with E-state index in [4.69, 9.17) is 21.9 Å². The van der Waals surface area contributed by atoms with Crippen LogP contribution < -0.4 is 22.1 Å². The van der Waals surface area contributed by atoms with Crippen molar-refractivity contribution in [2.45, 2.75) is 50.6 Å². The number of nitrogens with one attached hydrogen (secondary N) is 3. The van der Waals surface area contributed by atoms with E-state index in [-0.39, 0.29) is 47.4 Å². The zero-order chi connectivity index (χ0) is 27.8. The van der Waals surface area contributed by atoms with Gasteiger partial charge in [0, 0.05) is 42.4 Å². The van der Waals surface area contributed by atoms with Crippen molar-refractivity contribution in [2.24, 2.45) is 10.7 Å². The summed E-state index contributed by atoms with van der Waals surface area (Å²) in [6, 6.07) is 2.90. The number of Topliss-reactive ketones (excluding diaryl/α,β-unsaturated/α-hetero) is 1. The van der Waals surface area contributed by atoms with Crippen molar-refractivity contribution < 1.29 is 14.4 Å². The van der Waals surface area contributed by atoms with Gasteiger partial charge in [0.25, 0.3) is 5.91 Å². The van der Waals surface area contributed by atoms with Crippen LogP contribution in [0.3, 0.4) is 0 Å². The number of hydrogen-bond acceptors (Lipinski definition) is 8. The minimum absolute atomic E-state index is 0.0891. The molecule has 202 valence electrons. The maximum absolute atomic E-state index is 12.9. The van der Waals surface area contributed by atoms with Crippen LogP contribution >= 0.6 is 0 Å². The molecule has 2 fully saturated rings. The average molecular weight is 532 g/mol. The molecule has 0 spiro atoms. The molecule has 2 aliphatic heterocycles. The lowest BCUT2D eigenvalue weighted by Gasteiger charge is -2.39. The number of amides is 3. The fourth-order valence-electron chi connectivity index (χ4n) is 5.69. The maximum Gasteiger partial charge on any atom is 0.320 e. The average Bonchev–Trinajstić information content (AvgIpc) is 3.46. The molecular formula is C25H29N11O3. The monoisotopic (exact) mass is 531 g/mol. The number of aromatic nitrogens is 4. The van der Waals surface area contributed by atoms with E-state index in [1.165, 1.54) is 18.5 Å². The SMILES string of the molecule is CNC(=O)Nc1ccc(-c2cnn3c(N)c(C(C)=O)c(C4CC5CCC(C4)N5C(=O)C(N)=NC=N)nc23)cn1. The quantitative estimate of drug-likeness (QED) is 0.185. The van der Waals surface area contributed by atoms with Crippen molar-refractivity contribution in [1.82, 2.24) is 29.8 Å². The number of nitrogens with zero attached hydrogens (tertiary/aromatic N) is 6. The molecule has 3 amide bonds. The van der Waals surface area contributed by atoms with Crippen molar-refractivity contribution >= 4 is 47.2 Å². The Morgan fingerprint density at radius 2 is 1.90 bits per heavy atom. The van der Waals surface area contributed by atoms with Crippen LogP contribution in [-0.4, -0.2) is 73.5 Å². The number of hydrogen-bond donors (Lipinski definition) is 5. The molecule has 0 radical (unpaired) electrons. The van der Waals surface area contributed by atoms with Gasteiger partial charge in [-0.2, -0.15) is 9.61 Å². The van der Waals surface area contributed by atoms with E-state index in [0.29, 0.717) is 46.7 Å². The number of urea groups is 1. The molecule has 2 saturated heterocycles. The summed E-state index contributed by atoms with van der Waals surface area (Å²) >= 11 is 0. The Hall–Kier alpha value is -4.88. The predicted octanol–water partition coefficient (Wildman–Crippen LogP) is 1.53. The third-order valence-corrected chi connectivity index (χ3v) is 7.38. The second-order valence-electron chi connectivity index (χ2n) is 9.65. The predicted molar refractivity (Wildman–Crippen MR) is 145 cm³/mol. The van der Waals surface area contributed by atoms with Gasteiger partial charge in [-0.3, -0.25) is 20.3 Å². The lowest BCUT2D eigenvalue weighted by Crippen LogP contribution is -2.50. The molecule has 5 heterocycles. The van der Waals surface area contributed by atoms with Gasteiger partial charge in [-0.15, -0.1) is 0 Å². The maximum atomic E-state index is 12.9. The molecular weight excluding hydrogens is 502 g/mol. The van der Waals surface area contributed by atoms with E-state index in [1.807, 2.05) is 0 Å². The van der Waals surface area contributed by atoms with E-state index in [0.717, 1.165) is 19.2 Å².